The zero-order valence-corrected chi connectivity index (χ0v) is 13.4. The number of hydrazine groups is 1. The molecule has 8 heteroatoms. The van der Waals surface area contributed by atoms with E-state index in [4.69, 9.17) is 5.84 Å². The summed E-state index contributed by atoms with van der Waals surface area (Å²) >= 11 is 7.15. The second kappa shape index (κ2) is 7.37. The van der Waals surface area contributed by atoms with E-state index >= 15 is 0 Å². The second-order valence-corrected chi connectivity index (χ2v) is 7.45. The van der Waals surface area contributed by atoms with Crippen LogP contribution in [0, 0.1) is 0 Å². The number of aromatic nitrogens is 1. The molecule has 0 aromatic carbocycles. The predicted molar refractivity (Wildman–Crippen MR) is 85.7 cm³/mol. The van der Waals surface area contributed by atoms with Gasteiger partial charge in [0.2, 0.25) is 0 Å². The third kappa shape index (κ3) is 4.27. The Hall–Kier alpha value is -0.440. The molecule has 0 radical (unpaired) electrons. The second-order valence-electron chi connectivity index (χ2n) is 3.97. The van der Waals surface area contributed by atoms with Crippen LogP contribution in [0.1, 0.15) is 10.4 Å². The number of pyridine rings is 1. The molecule has 1 saturated heterocycles. The van der Waals surface area contributed by atoms with E-state index in [-0.39, 0.29) is 5.91 Å². The molecule has 1 fully saturated rings. The van der Waals surface area contributed by atoms with Crippen LogP contribution in [-0.2, 0) is 0 Å². The Morgan fingerprint density at radius 3 is 3.11 bits per heavy atom. The quantitative estimate of drug-likeness (QED) is 0.558. The normalized spacial score (nSPS) is 18.9. The number of hydrogen-bond acceptors (Lipinski definition) is 6. The molecule has 0 aliphatic carbocycles. The van der Waals surface area contributed by atoms with Crippen molar-refractivity contribution >= 4 is 51.2 Å². The summed E-state index contributed by atoms with van der Waals surface area (Å²) in [4.78, 5) is 16.2. The molecule has 0 bridgehead atoms. The smallest absolute Gasteiger partial charge is 0.255 e. The Labute approximate surface area is 129 Å². The maximum Gasteiger partial charge on any atom is 0.255 e. The van der Waals surface area contributed by atoms with Crippen LogP contribution in [0.3, 0.4) is 0 Å². The summed E-state index contributed by atoms with van der Waals surface area (Å²) < 4.78 is 0.749. The molecule has 1 aromatic heterocycles. The number of nitrogens with two attached hydrogens (primary N) is 1. The molecule has 0 saturated carbocycles. The van der Waals surface area contributed by atoms with Gasteiger partial charge in [-0.15, -0.1) is 0 Å². The largest absolute Gasteiger partial charge is 0.351 e. The average Bonchev–Trinajstić information content (AvgIpc) is 2.46. The molecule has 1 amide bonds. The van der Waals surface area contributed by atoms with Crippen molar-refractivity contribution in [3.63, 3.8) is 0 Å². The highest BCUT2D eigenvalue weighted by Gasteiger charge is 2.17. The fourth-order valence-electron chi connectivity index (χ4n) is 1.68. The van der Waals surface area contributed by atoms with Crippen molar-refractivity contribution < 1.29 is 4.79 Å². The summed E-state index contributed by atoms with van der Waals surface area (Å²) in [6.07, 6.45) is 1.60. The monoisotopic (exact) mass is 362 g/mol. The van der Waals surface area contributed by atoms with Crippen molar-refractivity contribution in [3.05, 3.63) is 22.3 Å². The van der Waals surface area contributed by atoms with E-state index in [1.54, 1.807) is 12.3 Å². The third-order valence-corrected chi connectivity index (χ3v) is 5.89. The molecular weight excluding hydrogens is 348 g/mol. The van der Waals surface area contributed by atoms with Crippen LogP contribution in [0.5, 0.6) is 0 Å². The summed E-state index contributed by atoms with van der Waals surface area (Å²) in [6.45, 7) is 0.674. The standard InChI is InChI=1S/C11H15BrN4OS2/c12-7-3-9(10(16-13)14-4-7)11(17)15-5-8-6-18-1-2-19-8/h3-4,8H,1-2,5-6,13H2,(H,14,16)(H,15,17). The number of anilines is 1. The molecule has 1 aliphatic heterocycles. The minimum Gasteiger partial charge on any atom is -0.351 e. The lowest BCUT2D eigenvalue weighted by Crippen LogP contribution is -2.34. The molecule has 2 rings (SSSR count). The molecule has 5 nitrogen and oxygen atoms in total. The van der Waals surface area contributed by atoms with Crippen LogP contribution >= 0.6 is 39.5 Å². The molecule has 2 heterocycles. The summed E-state index contributed by atoms with van der Waals surface area (Å²) in [5.74, 6) is 9.03. The van der Waals surface area contributed by atoms with E-state index in [0.29, 0.717) is 23.2 Å². The first-order valence-electron chi connectivity index (χ1n) is 5.80. The summed E-state index contributed by atoms with van der Waals surface area (Å²) in [7, 11) is 0. The van der Waals surface area contributed by atoms with Gasteiger partial charge in [0.05, 0.1) is 5.56 Å². The highest BCUT2D eigenvalue weighted by Crippen LogP contribution is 2.23. The molecule has 1 aromatic rings. The fourth-order valence-corrected chi connectivity index (χ4v) is 4.63. The van der Waals surface area contributed by atoms with Gasteiger partial charge in [0.1, 0.15) is 0 Å². The van der Waals surface area contributed by atoms with Gasteiger partial charge in [0.25, 0.3) is 5.91 Å². The Balaban J connectivity index is 1.97. The highest BCUT2D eigenvalue weighted by atomic mass is 79.9. The van der Waals surface area contributed by atoms with Gasteiger partial charge in [-0.3, -0.25) is 4.79 Å². The van der Waals surface area contributed by atoms with Gasteiger partial charge in [0, 0.05) is 39.7 Å². The van der Waals surface area contributed by atoms with Gasteiger partial charge in [-0.1, -0.05) is 0 Å². The molecule has 19 heavy (non-hydrogen) atoms. The van der Waals surface area contributed by atoms with E-state index in [9.17, 15) is 4.79 Å². The van der Waals surface area contributed by atoms with Gasteiger partial charge in [-0.25, -0.2) is 10.8 Å². The lowest BCUT2D eigenvalue weighted by Gasteiger charge is -2.21. The van der Waals surface area contributed by atoms with E-state index < -0.39 is 0 Å². The van der Waals surface area contributed by atoms with Crippen molar-refractivity contribution in [2.75, 3.05) is 29.2 Å². The van der Waals surface area contributed by atoms with E-state index in [0.717, 1.165) is 16.0 Å². The number of carbonyl (C=O) groups is 1. The first-order chi connectivity index (χ1) is 9.20. The van der Waals surface area contributed by atoms with Crippen LogP contribution in [0.2, 0.25) is 0 Å². The number of nitrogens with zero attached hydrogens (tertiary/aromatic N) is 1. The van der Waals surface area contributed by atoms with Crippen molar-refractivity contribution in [2.45, 2.75) is 5.25 Å². The lowest BCUT2D eigenvalue weighted by molar-refractivity contribution is 0.0954. The van der Waals surface area contributed by atoms with Crippen LogP contribution < -0.4 is 16.6 Å². The Kier molecular flexibility index (Phi) is 5.80. The SMILES string of the molecule is NNc1ncc(Br)cc1C(=O)NCC1CSCCS1. The summed E-state index contributed by atoms with van der Waals surface area (Å²) in [5.41, 5.74) is 2.89. The molecular formula is C11H15BrN4OS2. The van der Waals surface area contributed by atoms with Crippen molar-refractivity contribution in [1.82, 2.24) is 10.3 Å². The van der Waals surface area contributed by atoms with Crippen LogP contribution in [0.4, 0.5) is 5.82 Å². The highest BCUT2D eigenvalue weighted by molar-refractivity contribution is 9.10. The van der Waals surface area contributed by atoms with E-state index in [1.165, 1.54) is 5.75 Å². The fraction of sp³-hybridized carbons (Fsp3) is 0.455. The van der Waals surface area contributed by atoms with Crippen LogP contribution in [-0.4, -0.2) is 39.9 Å². The zero-order valence-electron chi connectivity index (χ0n) is 10.2. The van der Waals surface area contributed by atoms with Crippen molar-refractivity contribution in [2.24, 2.45) is 5.84 Å². The lowest BCUT2D eigenvalue weighted by atomic mass is 10.2. The van der Waals surface area contributed by atoms with Gasteiger partial charge >= 0.3 is 0 Å². The molecule has 1 unspecified atom stereocenters. The van der Waals surface area contributed by atoms with Gasteiger partial charge in [-0.05, 0) is 22.0 Å². The van der Waals surface area contributed by atoms with E-state index in [2.05, 4.69) is 31.7 Å². The molecule has 4 N–H and O–H groups in total. The maximum atomic E-state index is 12.1. The Bertz CT molecular complexity index is 454. The number of hydrogen-bond donors (Lipinski definition) is 3. The Morgan fingerprint density at radius 2 is 2.42 bits per heavy atom. The minimum atomic E-state index is -0.155. The van der Waals surface area contributed by atoms with Crippen molar-refractivity contribution in [1.29, 1.82) is 0 Å². The number of nitrogens with one attached hydrogen (secondary N) is 2. The van der Waals surface area contributed by atoms with Crippen LogP contribution in [0.25, 0.3) is 0 Å². The van der Waals surface area contributed by atoms with Crippen molar-refractivity contribution in [3.8, 4) is 0 Å². The first kappa shape index (κ1) is 15.0. The number of rotatable bonds is 4. The topological polar surface area (TPSA) is 80.0 Å². The first-order valence-corrected chi connectivity index (χ1v) is 8.80. The molecule has 104 valence electrons. The zero-order chi connectivity index (χ0) is 13.7. The number of carbonyl (C=O) groups excluding carboxylic acids is 1. The molecule has 0 spiro atoms. The third-order valence-electron chi connectivity index (χ3n) is 2.61. The summed E-state index contributed by atoms with van der Waals surface area (Å²) in [6, 6.07) is 1.71. The van der Waals surface area contributed by atoms with E-state index in [1.807, 2.05) is 23.5 Å². The number of amides is 1. The molecule has 1 atom stereocenters. The average molecular weight is 363 g/mol. The van der Waals surface area contributed by atoms with Crippen LogP contribution in [0.15, 0.2) is 16.7 Å². The minimum absolute atomic E-state index is 0.155. The van der Waals surface area contributed by atoms with Gasteiger partial charge < -0.3 is 10.7 Å². The maximum absolute atomic E-state index is 12.1. The number of thioether (sulfide) groups is 2. The van der Waals surface area contributed by atoms with Gasteiger partial charge in [-0.2, -0.15) is 23.5 Å². The van der Waals surface area contributed by atoms with Gasteiger partial charge in [0.15, 0.2) is 5.82 Å². The molecule has 1 aliphatic rings. The number of nitrogen functional groups attached to an aromatic ring is 1. The number of halogens is 1. The summed E-state index contributed by atoms with van der Waals surface area (Å²) in [5, 5.41) is 3.42. The predicted octanol–water partition coefficient (Wildman–Crippen LogP) is 1.71. The Morgan fingerprint density at radius 1 is 1.58 bits per heavy atom.